The molecule has 0 fully saturated rings. The van der Waals surface area contributed by atoms with Crippen LogP contribution < -0.4 is 9.64 Å². The highest BCUT2D eigenvalue weighted by atomic mass is 19.4. The maximum Gasteiger partial charge on any atom is 0.573 e. The van der Waals surface area contributed by atoms with E-state index in [4.69, 9.17) is 0 Å². The molecule has 0 saturated carbocycles. The van der Waals surface area contributed by atoms with Crippen LogP contribution in [0.1, 0.15) is 18.2 Å². The molecule has 1 aromatic heterocycles. The highest BCUT2D eigenvalue weighted by molar-refractivity contribution is 5.65. The maximum absolute atomic E-state index is 12.4. The molecule has 4 nitrogen and oxygen atoms in total. The molecular formula is C22H21F3N2O2. The van der Waals surface area contributed by atoms with Gasteiger partial charge in [-0.2, -0.15) is 0 Å². The SMILES string of the molecule is CCN(Cc1ccccc1-c1cccc(CO)n1)c1ccc(OC(F)(F)F)cc1. The van der Waals surface area contributed by atoms with Gasteiger partial charge in [-0.15, -0.1) is 13.2 Å². The summed E-state index contributed by atoms with van der Waals surface area (Å²) < 4.78 is 41.0. The van der Waals surface area contributed by atoms with Gasteiger partial charge in [-0.25, -0.2) is 0 Å². The molecule has 7 heteroatoms. The van der Waals surface area contributed by atoms with Gasteiger partial charge in [0.15, 0.2) is 0 Å². The van der Waals surface area contributed by atoms with Crippen LogP contribution in [0.25, 0.3) is 11.3 Å². The fraction of sp³-hybridized carbons (Fsp3) is 0.227. The van der Waals surface area contributed by atoms with E-state index in [0.29, 0.717) is 18.8 Å². The molecule has 0 bridgehead atoms. The van der Waals surface area contributed by atoms with E-state index < -0.39 is 6.36 Å². The maximum atomic E-state index is 12.4. The van der Waals surface area contributed by atoms with Gasteiger partial charge in [0.2, 0.25) is 0 Å². The van der Waals surface area contributed by atoms with E-state index in [0.717, 1.165) is 22.5 Å². The molecule has 1 heterocycles. The number of halogens is 3. The first-order valence-corrected chi connectivity index (χ1v) is 9.15. The Kier molecular flexibility index (Phi) is 6.39. The Balaban J connectivity index is 1.84. The van der Waals surface area contributed by atoms with Crippen LogP contribution in [0.3, 0.4) is 0 Å². The fourth-order valence-electron chi connectivity index (χ4n) is 3.08. The zero-order valence-corrected chi connectivity index (χ0v) is 15.9. The molecule has 2 aromatic carbocycles. The second-order valence-electron chi connectivity index (χ2n) is 6.39. The molecular weight excluding hydrogens is 381 g/mol. The summed E-state index contributed by atoms with van der Waals surface area (Å²) in [5.74, 6) is -0.247. The monoisotopic (exact) mass is 402 g/mol. The zero-order chi connectivity index (χ0) is 20.9. The molecule has 0 aliphatic rings. The van der Waals surface area contributed by atoms with Crippen molar-refractivity contribution in [2.75, 3.05) is 11.4 Å². The van der Waals surface area contributed by atoms with Gasteiger partial charge >= 0.3 is 6.36 Å². The minimum atomic E-state index is -4.71. The number of aromatic nitrogens is 1. The third-order valence-electron chi connectivity index (χ3n) is 4.44. The van der Waals surface area contributed by atoms with Crippen LogP contribution in [-0.4, -0.2) is 23.0 Å². The largest absolute Gasteiger partial charge is 0.573 e. The Labute approximate surface area is 167 Å². The summed E-state index contributed by atoms with van der Waals surface area (Å²) in [4.78, 5) is 6.53. The van der Waals surface area contributed by atoms with Crippen LogP contribution in [0.2, 0.25) is 0 Å². The van der Waals surface area contributed by atoms with Crippen LogP contribution in [0, 0.1) is 0 Å². The van der Waals surface area contributed by atoms with E-state index in [1.54, 1.807) is 18.2 Å². The number of hydrogen-bond donors (Lipinski definition) is 1. The number of aliphatic hydroxyl groups excluding tert-OH is 1. The molecule has 3 rings (SSSR count). The quantitative estimate of drug-likeness (QED) is 0.593. The minimum Gasteiger partial charge on any atom is -0.406 e. The predicted molar refractivity (Wildman–Crippen MR) is 105 cm³/mol. The van der Waals surface area contributed by atoms with E-state index in [9.17, 15) is 18.3 Å². The number of ether oxygens (including phenoxy) is 1. The summed E-state index contributed by atoms with van der Waals surface area (Å²) in [5, 5.41) is 9.35. The second-order valence-corrected chi connectivity index (χ2v) is 6.39. The molecule has 0 unspecified atom stereocenters. The molecule has 0 aliphatic carbocycles. The van der Waals surface area contributed by atoms with Gasteiger partial charge in [-0.3, -0.25) is 4.98 Å². The van der Waals surface area contributed by atoms with Crippen molar-refractivity contribution in [3.8, 4) is 17.0 Å². The van der Waals surface area contributed by atoms with E-state index in [-0.39, 0.29) is 12.4 Å². The summed E-state index contributed by atoms with van der Waals surface area (Å²) in [6.45, 7) is 3.06. The summed E-state index contributed by atoms with van der Waals surface area (Å²) in [5.41, 5.74) is 4.10. The lowest BCUT2D eigenvalue weighted by molar-refractivity contribution is -0.274. The number of rotatable bonds is 7. The smallest absolute Gasteiger partial charge is 0.406 e. The third kappa shape index (κ3) is 5.48. The average molecular weight is 402 g/mol. The van der Waals surface area contributed by atoms with Gasteiger partial charge in [0.05, 0.1) is 18.0 Å². The van der Waals surface area contributed by atoms with Crippen molar-refractivity contribution in [3.05, 3.63) is 78.0 Å². The van der Waals surface area contributed by atoms with E-state index in [1.165, 1.54) is 12.1 Å². The standard InChI is InChI=1S/C22H21F3N2O2/c1-2-27(18-10-12-19(13-11-18)29-22(23,24)25)14-16-6-3-4-8-20(16)21-9-5-7-17(15-28)26-21/h3-13,28H,2,14-15H2,1H3. The molecule has 0 radical (unpaired) electrons. The van der Waals surface area contributed by atoms with E-state index in [2.05, 4.69) is 9.72 Å². The van der Waals surface area contributed by atoms with Crippen LogP contribution in [0.5, 0.6) is 5.75 Å². The second kappa shape index (κ2) is 8.96. The van der Waals surface area contributed by atoms with Gasteiger partial charge in [-0.1, -0.05) is 30.3 Å². The molecule has 0 spiro atoms. The zero-order valence-electron chi connectivity index (χ0n) is 15.9. The molecule has 0 saturated heterocycles. The van der Waals surface area contributed by atoms with Crippen molar-refractivity contribution in [2.45, 2.75) is 26.4 Å². The van der Waals surface area contributed by atoms with Crippen molar-refractivity contribution in [1.29, 1.82) is 0 Å². The first-order chi connectivity index (χ1) is 13.9. The number of pyridine rings is 1. The van der Waals surface area contributed by atoms with E-state index >= 15 is 0 Å². The van der Waals surface area contributed by atoms with Crippen molar-refractivity contribution in [1.82, 2.24) is 4.98 Å². The van der Waals surface area contributed by atoms with Gasteiger partial charge in [0.1, 0.15) is 5.75 Å². The van der Waals surface area contributed by atoms with Crippen LogP contribution >= 0.6 is 0 Å². The minimum absolute atomic E-state index is 0.135. The highest BCUT2D eigenvalue weighted by Crippen LogP contribution is 2.28. The summed E-state index contributed by atoms with van der Waals surface area (Å²) in [6.07, 6.45) is -4.71. The summed E-state index contributed by atoms with van der Waals surface area (Å²) >= 11 is 0. The first-order valence-electron chi connectivity index (χ1n) is 9.15. The van der Waals surface area contributed by atoms with Crippen LogP contribution in [-0.2, 0) is 13.2 Å². The number of alkyl halides is 3. The molecule has 0 aliphatic heterocycles. The molecule has 152 valence electrons. The van der Waals surface area contributed by atoms with Crippen molar-refractivity contribution < 1.29 is 23.0 Å². The molecule has 0 atom stereocenters. The number of aliphatic hydroxyl groups is 1. The van der Waals surface area contributed by atoms with Crippen LogP contribution in [0.15, 0.2) is 66.7 Å². The third-order valence-corrected chi connectivity index (χ3v) is 4.44. The Morgan fingerprint density at radius 2 is 1.69 bits per heavy atom. The Morgan fingerprint density at radius 3 is 2.34 bits per heavy atom. The predicted octanol–water partition coefficient (Wildman–Crippen LogP) is 5.17. The first kappa shape index (κ1) is 20.7. The van der Waals surface area contributed by atoms with Gasteiger partial charge < -0.3 is 14.7 Å². The van der Waals surface area contributed by atoms with Crippen molar-refractivity contribution in [3.63, 3.8) is 0 Å². The number of anilines is 1. The number of hydrogen-bond acceptors (Lipinski definition) is 4. The topological polar surface area (TPSA) is 45.6 Å². The number of benzene rings is 2. The Morgan fingerprint density at radius 1 is 0.966 bits per heavy atom. The normalized spacial score (nSPS) is 11.3. The highest BCUT2D eigenvalue weighted by Gasteiger charge is 2.31. The average Bonchev–Trinajstić information content (AvgIpc) is 2.72. The van der Waals surface area contributed by atoms with Gasteiger partial charge in [-0.05, 0) is 48.9 Å². The fourth-order valence-corrected chi connectivity index (χ4v) is 3.08. The van der Waals surface area contributed by atoms with Crippen LogP contribution in [0.4, 0.5) is 18.9 Å². The lowest BCUT2D eigenvalue weighted by Crippen LogP contribution is -2.22. The molecule has 29 heavy (non-hydrogen) atoms. The summed E-state index contributed by atoms with van der Waals surface area (Å²) in [6, 6.07) is 19.1. The van der Waals surface area contributed by atoms with Gasteiger partial charge in [0.25, 0.3) is 0 Å². The molecule has 3 aromatic rings. The molecule has 1 N–H and O–H groups in total. The Hall–Kier alpha value is -3.06. The van der Waals surface area contributed by atoms with E-state index in [1.807, 2.05) is 48.2 Å². The van der Waals surface area contributed by atoms with Crippen molar-refractivity contribution >= 4 is 5.69 Å². The number of nitrogens with zero attached hydrogens (tertiary/aromatic N) is 2. The van der Waals surface area contributed by atoms with Gasteiger partial charge in [0, 0.05) is 24.3 Å². The lowest BCUT2D eigenvalue weighted by atomic mass is 10.0. The lowest BCUT2D eigenvalue weighted by Gasteiger charge is -2.25. The molecule has 0 amide bonds. The van der Waals surface area contributed by atoms with Crippen molar-refractivity contribution in [2.24, 2.45) is 0 Å². The Bertz CT molecular complexity index is 943. The summed E-state index contributed by atoms with van der Waals surface area (Å²) in [7, 11) is 0.